The summed E-state index contributed by atoms with van der Waals surface area (Å²) in [6, 6.07) is 3.18. The van der Waals surface area contributed by atoms with Crippen molar-refractivity contribution in [2.24, 2.45) is 5.10 Å². The first-order valence-electron chi connectivity index (χ1n) is 4.15. The molecule has 80 valence electrons. The molecule has 15 heavy (non-hydrogen) atoms. The molecule has 1 amide bonds. The molecule has 0 bridgehead atoms. The molecule has 1 rings (SSSR count). The highest BCUT2D eigenvalue weighted by molar-refractivity contribution is 6.37. The highest BCUT2D eigenvalue weighted by atomic mass is 35.5. The van der Waals surface area contributed by atoms with Crippen molar-refractivity contribution in [2.45, 2.75) is 0 Å². The molecule has 0 unspecified atom stereocenters. The number of amides is 1. The molecule has 0 fully saturated rings. The van der Waals surface area contributed by atoms with Gasteiger partial charge < -0.3 is 0 Å². The Balaban J connectivity index is 2.61. The number of pyridine rings is 1. The maximum absolute atomic E-state index is 11.4. The molecule has 0 radical (unpaired) electrons. The van der Waals surface area contributed by atoms with Crippen molar-refractivity contribution in [3.05, 3.63) is 30.1 Å². The Morgan fingerprint density at radius 3 is 2.47 bits per heavy atom. The molecule has 0 spiro atoms. The molecule has 1 heterocycles. The second-order valence-corrected chi connectivity index (χ2v) is 3.16. The molecule has 6 heteroatoms. The standard InChI is InChI=1S/C9H9Cl2N3O/c10-5-8(6-11)13-14-9(15)7-1-3-12-4-2-7/h1-4H,5-6H2,(H,14,15). The fourth-order valence-electron chi connectivity index (χ4n) is 0.793. The molecule has 1 aromatic heterocycles. The van der Waals surface area contributed by atoms with Gasteiger partial charge in [-0.15, -0.1) is 23.2 Å². The number of halogens is 2. The zero-order valence-electron chi connectivity index (χ0n) is 7.78. The van der Waals surface area contributed by atoms with Crippen LogP contribution in [-0.2, 0) is 0 Å². The fraction of sp³-hybridized carbons (Fsp3) is 0.222. The maximum Gasteiger partial charge on any atom is 0.271 e. The van der Waals surface area contributed by atoms with Gasteiger partial charge in [0.05, 0.1) is 17.5 Å². The van der Waals surface area contributed by atoms with E-state index in [4.69, 9.17) is 23.2 Å². The zero-order chi connectivity index (χ0) is 11.1. The number of carbonyl (C=O) groups is 1. The predicted molar refractivity (Wildman–Crippen MR) is 60.6 cm³/mol. The summed E-state index contributed by atoms with van der Waals surface area (Å²) in [4.78, 5) is 15.2. The monoisotopic (exact) mass is 245 g/mol. The van der Waals surface area contributed by atoms with E-state index in [1.54, 1.807) is 12.1 Å². The average Bonchev–Trinajstić information content (AvgIpc) is 2.31. The van der Waals surface area contributed by atoms with Crippen molar-refractivity contribution < 1.29 is 4.79 Å². The van der Waals surface area contributed by atoms with Gasteiger partial charge in [0, 0.05) is 18.0 Å². The second-order valence-electron chi connectivity index (χ2n) is 2.62. The van der Waals surface area contributed by atoms with Crippen molar-refractivity contribution in [1.29, 1.82) is 0 Å². The third kappa shape index (κ3) is 3.85. The van der Waals surface area contributed by atoms with Crippen molar-refractivity contribution >= 4 is 34.8 Å². The first-order valence-corrected chi connectivity index (χ1v) is 5.22. The van der Waals surface area contributed by atoms with E-state index in [-0.39, 0.29) is 17.7 Å². The first kappa shape index (κ1) is 11.9. The largest absolute Gasteiger partial charge is 0.271 e. The third-order valence-electron chi connectivity index (χ3n) is 1.57. The van der Waals surface area contributed by atoms with E-state index >= 15 is 0 Å². The van der Waals surface area contributed by atoms with Gasteiger partial charge >= 0.3 is 0 Å². The highest BCUT2D eigenvalue weighted by Gasteiger charge is 2.03. The quantitative estimate of drug-likeness (QED) is 0.499. The number of carbonyl (C=O) groups excluding carboxylic acids is 1. The summed E-state index contributed by atoms with van der Waals surface area (Å²) in [5, 5.41) is 3.77. The normalized spacial score (nSPS) is 9.47. The lowest BCUT2D eigenvalue weighted by Gasteiger charge is -2.00. The Morgan fingerprint density at radius 1 is 1.33 bits per heavy atom. The summed E-state index contributed by atoms with van der Waals surface area (Å²) in [6.45, 7) is 0. The van der Waals surface area contributed by atoms with Crippen LogP contribution in [0.25, 0.3) is 0 Å². The fourth-order valence-corrected chi connectivity index (χ4v) is 1.20. The predicted octanol–water partition coefficient (Wildman–Crippen LogP) is 1.65. The smallest absolute Gasteiger partial charge is 0.267 e. The summed E-state index contributed by atoms with van der Waals surface area (Å²) < 4.78 is 0. The number of rotatable bonds is 4. The van der Waals surface area contributed by atoms with Gasteiger partial charge in [-0.05, 0) is 12.1 Å². The van der Waals surface area contributed by atoms with Crippen molar-refractivity contribution in [2.75, 3.05) is 11.8 Å². The molecule has 0 aliphatic heterocycles. The van der Waals surface area contributed by atoms with Gasteiger partial charge in [0.2, 0.25) is 0 Å². The van der Waals surface area contributed by atoms with Crippen LogP contribution in [0, 0.1) is 0 Å². The van der Waals surface area contributed by atoms with Crippen LogP contribution in [0.2, 0.25) is 0 Å². The van der Waals surface area contributed by atoms with Crippen molar-refractivity contribution in [1.82, 2.24) is 10.4 Å². The molecule has 1 N–H and O–H groups in total. The lowest BCUT2D eigenvalue weighted by molar-refractivity contribution is 0.0954. The summed E-state index contributed by atoms with van der Waals surface area (Å²) in [6.07, 6.45) is 3.06. The van der Waals surface area contributed by atoms with Crippen LogP contribution in [0.1, 0.15) is 10.4 Å². The van der Waals surface area contributed by atoms with Crippen LogP contribution < -0.4 is 5.43 Å². The number of hydrogen-bond donors (Lipinski definition) is 1. The maximum atomic E-state index is 11.4. The molecule has 0 atom stereocenters. The molecule has 0 saturated heterocycles. The molecule has 0 saturated carbocycles. The van der Waals surface area contributed by atoms with Gasteiger partial charge in [-0.1, -0.05) is 0 Å². The Hall–Kier alpha value is -1.13. The lowest BCUT2D eigenvalue weighted by Crippen LogP contribution is -2.20. The highest BCUT2D eigenvalue weighted by Crippen LogP contribution is 1.95. The van der Waals surface area contributed by atoms with Crippen LogP contribution in [0.4, 0.5) is 0 Å². The van der Waals surface area contributed by atoms with Gasteiger partial charge in [-0.3, -0.25) is 9.78 Å². The van der Waals surface area contributed by atoms with E-state index in [1.807, 2.05) is 0 Å². The Morgan fingerprint density at radius 2 is 1.93 bits per heavy atom. The van der Waals surface area contributed by atoms with Gasteiger partial charge in [0.25, 0.3) is 5.91 Å². The van der Waals surface area contributed by atoms with Crippen molar-refractivity contribution in [3.8, 4) is 0 Å². The zero-order valence-corrected chi connectivity index (χ0v) is 9.29. The Labute approximate surface area is 97.3 Å². The molecular formula is C9H9Cl2N3O. The van der Waals surface area contributed by atoms with E-state index in [0.29, 0.717) is 11.3 Å². The van der Waals surface area contributed by atoms with Crippen LogP contribution in [0.3, 0.4) is 0 Å². The molecule has 0 aliphatic rings. The van der Waals surface area contributed by atoms with E-state index < -0.39 is 0 Å². The summed E-state index contributed by atoms with van der Waals surface area (Å²) in [5.41, 5.74) is 3.35. The summed E-state index contributed by atoms with van der Waals surface area (Å²) in [7, 11) is 0. The van der Waals surface area contributed by atoms with Crippen LogP contribution in [0.5, 0.6) is 0 Å². The summed E-state index contributed by atoms with van der Waals surface area (Å²) in [5.74, 6) is 0.0744. The lowest BCUT2D eigenvalue weighted by atomic mass is 10.3. The number of hydrogen-bond acceptors (Lipinski definition) is 3. The SMILES string of the molecule is O=C(NN=C(CCl)CCl)c1ccncc1. The molecule has 0 aromatic carbocycles. The van der Waals surface area contributed by atoms with E-state index in [2.05, 4.69) is 15.5 Å². The minimum Gasteiger partial charge on any atom is -0.267 e. The van der Waals surface area contributed by atoms with E-state index in [1.165, 1.54) is 12.4 Å². The number of nitrogens with zero attached hydrogens (tertiary/aromatic N) is 2. The van der Waals surface area contributed by atoms with Gasteiger partial charge in [-0.2, -0.15) is 5.10 Å². The van der Waals surface area contributed by atoms with Gasteiger partial charge in [0.1, 0.15) is 0 Å². The average molecular weight is 246 g/mol. The Kier molecular flexibility index (Phi) is 5.07. The Bertz CT molecular complexity index is 348. The molecular weight excluding hydrogens is 237 g/mol. The van der Waals surface area contributed by atoms with Crippen LogP contribution >= 0.6 is 23.2 Å². The minimum atomic E-state index is -0.315. The van der Waals surface area contributed by atoms with Crippen molar-refractivity contribution in [3.63, 3.8) is 0 Å². The number of aromatic nitrogens is 1. The summed E-state index contributed by atoms with van der Waals surface area (Å²) >= 11 is 11.0. The minimum absolute atomic E-state index is 0.195. The molecule has 4 nitrogen and oxygen atoms in total. The van der Waals surface area contributed by atoms with Crippen LogP contribution in [-0.4, -0.2) is 28.4 Å². The number of nitrogens with one attached hydrogen (secondary N) is 1. The topological polar surface area (TPSA) is 54.4 Å². The third-order valence-corrected chi connectivity index (χ3v) is 2.18. The van der Waals surface area contributed by atoms with Crippen LogP contribution in [0.15, 0.2) is 29.6 Å². The van der Waals surface area contributed by atoms with Gasteiger partial charge in [0.15, 0.2) is 0 Å². The molecule has 1 aromatic rings. The number of hydrazone groups is 1. The van der Waals surface area contributed by atoms with E-state index in [0.717, 1.165) is 0 Å². The van der Waals surface area contributed by atoms with E-state index in [9.17, 15) is 4.79 Å². The first-order chi connectivity index (χ1) is 7.27. The molecule has 0 aliphatic carbocycles. The second kappa shape index (κ2) is 6.37. The van der Waals surface area contributed by atoms with Gasteiger partial charge in [-0.25, -0.2) is 5.43 Å². The number of alkyl halides is 2.